The predicted molar refractivity (Wildman–Crippen MR) is 81.6 cm³/mol. The second kappa shape index (κ2) is 5.42. The lowest BCUT2D eigenvalue weighted by Gasteiger charge is -2.45. The molecule has 1 N–H and O–H groups in total. The summed E-state index contributed by atoms with van der Waals surface area (Å²) in [6.07, 6.45) is 7.27. The van der Waals surface area contributed by atoms with Crippen molar-refractivity contribution < 1.29 is 14.6 Å². The molecular formula is C18H28O3. The highest BCUT2D eigenvalue weighted by atomic mass is 16.5. The van der Waals surface area contributed by atoms with Crippen LogP contribution < -0.4 is 0 Å². The molecule has 3 rings (SSSR count). The topological polar surface area (TPSA) is 46.5 Å². The Bertz CT molecular complexity index is 428. The van der Waals surface area contributed by atoms with E-state index in [2.05, 4.69) is 20.4 Å². The number of fused-ring (bicyclic) bond motifs is 1. The highest BCUT2D eigenvalue weighted by molar-refractivity contribution is 5.89. The SMILES string of the molecule is C=C1C[C@@H](C[C@@H](C)[C@H]2CCC3[C@@H](O)CCC[C@@]32C)OC1=O. The molecule has 6 atom stereocenters. The van der Waals surface area contributed by atoms with E-state index in [1.54, 1.807) is 0 Å². The van der Waals surface area contributed by atoms with Gasteiger partial charge in [-0.25, -0.2) is 4.79 Å². The number of aliphatic hydroxyl groups is 1. The molecule has 0 aromatic carbocycles. The molecule has 3 heteroatoms. The van der Waals surface area contributed by atoms with Crippen LogP contribution in [-0.4, -0.2) is 23.3 Å². The molecule has 1 heterocycles. The summed E-state index contributed by atoms with van der Waals surface area (Å²) >= 11 is 0. The van der Waals surface area contributed by atoms with Gasteiger partial charge in [-0.2, -0.15) is 0 Å². The summed E-state index contributed by atoms with van der Waals surface area (Å²) in [4.78, 5) is 11.5. The van der Waals surface area contributed by atoms with Gasteiger partial charge in [0.1, 0.15) is 6.10 Å². The fraction of sp³-hybridized carbons (Fsp3) is 0.833. The molecule has 3 nitrogen and oxygen atoms in total. The van der Waals surface area contributed by atoms with Crippen molar-refractivity contribution in [2.45, 2.75) is 71.0 Å². The molecular weight excluding hydrogens is 264 g/mol. The standard InChI is InChI=1S/C18H28O3/c1-11(9-13-10-12(2)17(20)21-13)14-6-7-15-16(19)5-4-8-18(14,15)3/h11,13-16,19H,2,4-10H2,1,3H3/t11-,13-,14-,15?,16+,18-/m1/s1. The molecule has 1 saturated heterocycles. The first-order chi connectivity index (χ1) is 9.91. The van der Waals surface area contributed by atoms with E-state index in [1.807, 2.05) is 0 Å². The molecule has 0 spiro atoms. The van der Waals surface area contributed by atoms with Crippen LogP contribution in [0, 0.1) is 23.2 Å². The number of carbonyl (C=O) groups is 1. The van der Waals surface area contributed by atoms with E-state index in [0.717, 1.165) is 25.7 Å². The van der Waals surface area contributed by atoms with Crippen molar-refractivity contribution in [2.75, 3.05) is 0 Å². The van der Waals surface area contributed by atoms with Crippen LogP contribution in [0.5, 0.6) is 0 Å². The second-order valence-corrected chi connectivity index (χ2v) is 7.80. The van der Waals surface area contributed by atoms with Gasteiger partial charge < -0.3 is 9.84 Å². The van der Waals surface area contributed by atoms with Gasteiger partial charge in [-0.1, -0.05) is 26.8 Å². The van der Waals surface area contributed by atoms with Crippen LogP contribution in [0.2, 0.25) is 0 Å². The van der Waals surface area contributed by atoms with Gasteiger partial charge in [0.2, 0.25) is 0 Å². The number of aliphatic hydroxyl groups excluding tert-OH is 1. The van der Waals surface area contributed by atoms with E-state index < -0.39 is 0 Å². The zero-order chi connectivity index (χ0) is 15.2. The smallest absolute Gasteiger partial charge is 0.333 e. The molecule has 118 valence electrons. The maximum Gasteiger partial charge on any atom is 0.333 e. The molecule has 1 aliphatic heterocycles. The van der Waals surface area contributed by atoms with Gasteiger partial charge in [-0.15, -0.1) is 0 Å². The van der Waals surface area contributed by atoms with Crippen molar-refractivity contribution in [1.29, 1.82) is 0 Å². The normalized spacial score (nSPS) is 44.5. The quantitative estimate of drug-likeness (QED) is 0.640. The first kappa shape index (κ1) is 15.1. The molecule has 0 radical (unpaired) electrons. The minimum atomic E-state index is -0.212. The third-order valence-electron chi connectivity index (χ3n) is 6.52. The minimum absolute atomic E-state index is 0.0242. The number of hydrogen-bond acceptors (Lipinski definition) is 3. The number of esters is 1. The lowest BCUT2D eigenvalue weighted by molar-refractivity contribution is -0.139. The fourth-order valence-corrected chi connectivity index (χ4v) is 5.47. The van der Waals surface area contributed by atoms with Crippen LogP contribution in [0.25, 0.3) is 0 Å². The van der Waals surface area contributed by atoms with Crippen LogP contribution in [0.15, 0.2) is 12.2 Å². The number of hydrogen-bond donors (Lipinski definition) is 1. The monoisotopic (exact) mass is 292 g/mol. The van der Waals surface area contributed by atoms with Crippen molar-refractivity contribution in [3.05, 3.63) is 12.2 Å². The molecule has 2 saturated carbocycles. The average Bonchev–Trinajstić information content (AvgIpc) is 2.91. The van der Waals surface area contributed by atoms with Crippen LogP contribution in [0.1, 0.15) is 58.8 Å². The number of cyclic esters (lactones) is 1. The number of ether oxygens (including phenoxy) is 1. The predicted octanol–water partition coefficient (Wildman–Crippen LogP) is 3.46. The summed E-state index contributed by atoms with van der Waals surface area (Å²) in [5.74, 6) is 1.44. The summed E-state index contributed by atoms with van der Waals surface area (Å²) in [6.45, 7) is 8.45. The largest absolute Gasteiger partial charge is 0.459 e. The zero-order valence-corrected chi connectivity index (χ0v) is 13.3. The van der Waals surface area contributed by atoms with Gasteiger partial charge in [0.15, 0.2) is 0 Å². The Morgan fingerprint density at radius 2 is 2.19 bits per heavy atom. The van der Waals surface area contributed by atoms with Crippen LogP contribution in [0.3, 0.4) is 0 Å². The lowest BCUT2D eigenvalue weighted by atomic mass is 9.61. The first-order valence-electron chi connectivity index (χ1n) is 8.48. The van der Waals surface area contributed by atoms with Gasteiger partial charge in [0.25, 0.3) is 0 Å². The molecule has 0 aromatic heterocycles. The van der Waals surface area contributed by atoms with E-state index in [-0.39, 0.29) is 23.6 Å². The molecule has 0 amide bonds. The molecule has 3 aliphatic rings. The third-order valence-corrected chi connectivity index (χ3v) is 6.52. The van der Waals surface area contributed by atoms with Gasteiger partial charge in [-0.05, 0) is 55.3 Å². The van der Waals surface area contributed by atoms with Gasteiger partial charge >= 0.3 is 5.97 Å². The maximum absolute atomic E-state index is 11.5. The van der Waals surface area contributed by atoms with E-state index in [0.29, 0.717) is 29.7 Å². The lowest BCUT2D eigenvalue weighted by Crippen LogP contribution is -2.41. The summed E-state index contributed by atoms with van der Waals surface area (Å²) in [7, 11) is 0. The fourth-order valence-electron chi connectivity index (χ4n) is 5.47. The Balaban J connectivity index is 1.66. The van der Waals surface area contributed by atoms with E-state index in [1.165, 1.54) is 12.8 Å². The van der Waals surface area contributed by atoms with Crippen molar-refractivity contribution in [1.82, 2.24) is 0 Å². The van der Waals surface area contributed by atoms with Crippen LogP contribution in [-0.2, 0) is 9.53 Å². The molecule has 3 fully saturated rings. The number of carbonyl (C=O) groups excluding carboxylic acids is 1. The molecule has 21 heavy (non-hydrogen) atoms. The van der Waals surface area contributed by atoms with Gasteiger partial charge in [0, 0.05) is 12.0 Å². The van der Waals surface area contributed by atoms with Crippen LogP contribution >= 0.6 is 0 Å². The van der Waals surface area contributed by atoms with E-state index in [4.69, 9.17) is 4.74 Å². The Labute approximate surface area is 127 Å². The average molecular weight is 292 g/mol. The van der Waals surface area contributed by atoms with Crippen molar-refractivity contribution in [3.8, 4) is 0 Å². The Morgan fingerprint density at radius 3 is 2.86 bits per heavy atom. The second-order valence-electron chi connectivity index (χ2n) is 7.80. The van der Waals surface area contributed by atoms with Crippen molar-refractivity contribution in [3.63, 3.8) is 0 Å². The summed E-state index contributed by atoms with van der Waals surface area (Å²) in [6, 6.07) is 0. The molecule has 2 aliphatic carbocycles. The zero-order valence-electron chi connectivity index (χ0n) is 13.3. The highest BCUT2D eigenvalue weighted by Gasteiger charge is 2.52. The van der Waals surface area contributed by atoms with E-state index >= 15 is 0 Å². The molecule has 1 unspecified atom stereocenters. The summed E-state index contributed by atoms with van der Waals surface area (Å²) < 4.78 is 5.41. The first-order valence-corrected chi connectivity index (χ1v) is 8.48. The maximum atomic E-state index is 11.5. The van der Waals surface area contributed by atoms with Crippen LogP contribution in [0.4, 0.5) is 0 Å². The Hall–Kier alpha value is -0.830. The summed E-state index contributed by atoms with van der Waals surface area (Å²) in [5, 5.41) is 10.3. The minimum Gasteiger partial charge on any atom is -0.459 e. The van der Waals surface area contributed by atoms with Crippen molar-refractivity contribution >= 4 is 5.97 Å². The highest BCUT2D eigenvalue weighted by Crippen LogP contribution is 2.58. The van der Waals surface area contributed by atoms with Gasteiger partial charge in [-0.3, -0.25) is 0 Å². The number of rotatable bonds is 3. The Morgan fingerprint density at radius 1 is 1.43 bits per heavy atom. The molecule has 0 bridgehead atoms. The van der Waals surface area contributed by atoms with Crippen molar-refractivity contribution in [2.24, 2.45) is 23.2 Å². The third kappa shape index (κ3) is 2.54. The van der Waals surface area contributed by atoms with E-state index in [9.17, 15) is 9.90 Å². The van der Waals surface area contributed by atoms with Gasteiger partial charge in [0.05, 0.1) is 6.10 Å². The summed E-state index contributed by atoms with van der Waals surface area (Å²) in [5.41, 5.74) is 0.896. The Kier molecular flexibility index (Phi) is 3.89. The molecule has 0 aromatic rings.